The number of aromatic nitrogens is 1. The smallest absolute Gasteiger partial charge is 0.226 e. The van der Waals surface area contributed by atoms with Gasteiger partial charge in [0, 0.05) is 31.6 Å². The average Bonchev–Trinajstić information content (AvgIpc) is 2.88. The van der Waals surface area contributed by atoms with Gasteiger partial charge in [-0.3, -0.25) is 9.69 Å². The van der Waals surface area contributed by atoms with E-state index in [1.807, 2.05) is 5.38 Å². The zero-order chi connectivity index (χ0) is 14.4. The van der Waals surface area contributed by atoms with Crippen molar-refractivity contribution in [2.24, 2.45) is 0 Å². The molecule has 1 unspecified atom stereocenters. The van der Waals surface area contributed by atoms with Crippen LogP contribution in [0.25, 0.3) is 0 Å². The van der Waals surface area contributed by atoms with E-state index in [0.717, 1.165) is 36.6 Å². The fourth-order valence-corrected chi connectivity index (χ4v) is 3.46. The second-order valence-electron chi connectivity index (χ2n) is 5.21. The summed E-state index contributed by atoms with van der Waals surface area (Å²) < 4.78 is 0. The van der Waals surface area contributed by atoms with Crippen molar-refractivity contribution >= 4 is 17.2 Å². The molecule has 1 aliphatic rings. The quantitative estimate of drug-likeness (QED) is 0.827. The van der Waals surface area contributed by atoms with Gasteiger partial charge in [-0.15, -0.1) is 11.3 Å². The summed E-state index contributed by atoms with van der Waals surface area (Å²) in [6.45, 7) is 2.15. The van der Waals surface area contributed by atoms with E-state index in [4.69, 9.17) is 5.11 Å². The number of nitrogens with one attached hydrogen (secondary N) is 1. The van der Waals surface area contributed by atoms with Gasteiger partial charge in [-0.2, -0.15) is 0 Å². The number of likely N-dealkylation sites (tertiary alicyclic amines) is 1. The summed E-state index contributed by atoms with van der Waals surface area (Å²) in [5, 5.41) is 14.7. The Kier molecular flexibility index (Phi) is 5.94. The number of aliphatic hydroxyl groups is 1. The lowest BCUT2D eigenvalue weighted by Gasteiger charge is -2.35. The summed E-state index contributed by atoms with van der Waals surface area (Å²) in [5.41, 5.74) is 1.04. The molecule has 1 aromatic heterocycles. The van der Waals surface area contributed by atoms with Crippen LogP contribution in [0.1, 0.15) is 36.4 Å². The van der Waals surface area contributed by atoms with E-state index < -0.39 is 0 Å². The third-order valence-electron chi connectivity index (χ3n) is 3.77. The number of carbonyl (C=O) groups excluding carboxylic acids is 1. The SMILES string of the molecule is CNC(=O)Cc1nc(CN2CCCCC2CCO)cs1. The molecule has 112 valence electrons. The molecule has 2 heterocycles. The predicted octanol–water partition coefficient (Wildman–Crippen LogP) is 1.17. The maximum atomic E-state index is 11.3. The Labute approximate surface area is 124 Å². The predicted molar refractivity (Wildman–Crippen MR) is 79.6 cm³/mol. The zero-order valence-corrected chi connectivity index (χ0v) is 12.8. The number of thiazole rings is 1. The molecule has 0 saturated carbocycles. The molecule has 0 radical (unpaired) electrons. The fraction of sp³-hybridized carbons (Fsp3) is 0.714. The van der Waals surface area contributed by atoms with Crippen molar-refractivity contribution in [1.82, 2.24) is 15.2 Å². The number of hydrogen-bond acceptors (Lipinski definition) is 5. The molecule has 0 aliphatic carbocycles. The van der Waals surface area contributed by atoms with Crippen LogP contribution in [0, 0.1) is 0 Å². The largest absolute Gasteiger partial charge is 0.396 e. The number of piperidine rings is 1. The van der Waals surface area contributed by atoms with Gasteiger partial charge in [-0.05, 0) is 25.8 Å². The van der Waals surface area contributed by atoms with Gasteiger partial charge >= 0.3 is 0 Å². The number of aliphatic hydroxyl groups excluding tert-OH is 1. The van der Waals surface area contributed by atoms with Crippen molar-refractivity contribution in [1.29, 1.82) is 0 Å². The molecular weight excluding hydrogens is 274 g/mol. The van der Waals surface area contributed by atoms with Gasteiger partial charge in [0.2, 0.25) is 5.91 Å². The van der Waals surface area contributed by atoms with Gasteiger partial charge in [-0.1, -0.05) is 6.42 Å². The molecule has 0 bridgehead atoms. The Balaban J connectivity index is 1.92. The van der Waals surface area contributed by atoms with Crippen LogP contribution in [0.2, 0.25) is 0 Å². The monoisotopic (exact) mass is 297 g/mol. The molecule has 6 heteroatoms. The first-order valence-corrected chi connectivity index (χ1v) is 8.09. The van der Waals surface area contributed by atoms with E-state index >= 15 is 0 Å². The first-order chi connectivity index (χ1) is 9.72. The van der Waals surface area contributed by atoms with Gasteiger partial charge in [-0.25, -0.2) is 4.98 Å². The Bertz CT molecular complexity index is 434. The highest BCUT2D eigenvalue weighted by Crippen LogP contribution is 2.22. The minimum atomic E-state index is 0.00188. The Morgan fingerprint density at radius 1 is 1.60 bits per heavy atom. The fourth-order valence-electron chi connectivity index (χ4n) is 2.68. The molecule has 1 aliphatic heterocycles. The van der Waals surface area contributed by atoms with Crippen LogP contribution in [-0.2, 0) is 17.8 Å². The summed E-state index contributed by atoms with van der Waals surface area (Å²) in [6, 6.07) is 0.470. The van der Waals surface area contributed by atoms with Gasteiger partial charge in [0.1, 0.15) is 5.01 Å². The lowest BCUT2D eigenvalue weighted by molar-refractivity contribution is -0.119. The molecular formula is C14H23N3O2S. The third kappa shape index (κ3) is 4.26. The van der Waals surface area contributed by atoms with E-state index in [0.29, 0.717) is 12.5 Å². The highest BCUT2D eigenvalue weighted by atomic mass is 32.1. The van der Waals surface area contributed by atoms with Crippen LogP contribution in [-0.4, -0.2) is 47.1 Å². The first-order valence-electron chi connectivity index (χ1n) is 7.21. The molecule has 5 nitrogen and oxygen atoms in total. The summed E-state index contributed by atoms with van der Waals surface area (Å²) in [7, 11) is 1.64. The summed E-state index contributed by atoms with van der Waals surface area (Å²) in [4.78, 5) is 18.3. The van der Waals surface area contributed by atoms with Crippen LogP contribution in [0.15, 0.2) is 5.38 Å². The van der Waals surface area contributed by atoms with E-state index in [9.17, 15) is 4.79 Å². The van der Waals surface area contributed by atoms with Gasteiger partial charge in [0.15, 0.2) is 0 Å². The molecule has 1 amide bonds. The van der Waals surface area contributed by atoms with E-state index in [-0.39, 0.29) is 12.5 Å². The highest BCUT2D eigenvalue weighted by molar-refractivity contribution is 7.09. The molecule has 1 saturated heterocycles. The van der Waals surface area contributed by atoms with E-state index in [2.05, 4.69) is 15.2 Å². The first kappa shape index (κ1) is 15.4. The Morgan fingerprint density at radius 2 is 2.45 bits per heavy atom. The van der Waals surface area contributed by atoms with Crippen LogP contribution >= 0.6 is 11.3 Å². The van der Waals surface area contributed by atoms with Crippen molar-refractivity contribution in [2.75, 3.05) is 20.2 Å². The number of nitrogens with zero attached hydrogens (tertiary/aromatic N) is 2. The number of hydrogen-bond donors (Lipinski definition) is 2. The molecule has 1 atom stereocenters. The maximum Gasteiger partial charge on any atom is 0.226 e. The van der Waals surface area contributed by atoms with Crippen molar-refractivity contribution in [3.63, 3.8) is 0 Å². The lowest BCUT2D eigenvalue weighted by Crippen LogP contribution is -2.39. The van der Waals surface area contributed by atoms with Crippen molar-refractivity contribution in [3.05, 3.63) is 16.1 Å². The minimum absolute atomic E-state index is 0.00188. The van der Waals surface area contributed by atoms with Crippen LogP contribution in [0.4, 0.5) is 0 Å². The molecule has 2 N–H and O–H groups in total. The van der Waals surface area contributed by atoms with Crippen molar-refractivity contribution < 1.29 is 9.90 Å². The topological polar surface area (TPSA) is 65.5 Å². The molecule has 1 fully saturated rings. The van der Waals surface area contributed by atoms with Gasteiger partial charge in [0.05, 0.1) is 12.1 Å². The van der Waals surface area contributed by atoms with E-state index in [1.165, 1.54) is 12.8 Å². The Morgan fingerprint density at radius 3 is 3.20 bits per heavy atom. The van der Waals surface area contributed by atoms with Gasteiger partial charge < -0.3 is 10.4 Å². The maximum absolute atomic E-state index is 11.3. The number of carbonyl (C=O) groups is 1. The molecule has 0 spiro atoms. The normalized spacial score (nSPS) is 20.0. The van der Waals surface area contributed by atoms with Crippen molar-refractivity contribution in [2.45, 2.75) is 44.7 Å². The average molecular weight is 297 g/mol. The van der Waals surface area contributed by atoms with Crippen LogP contribution < -0.4 is 5.32 Å². The molecule has 0 aromatic carbocycles. The van der Waals surface area contributed by atoms with Gasteiger partial charge in [0.25, 0.3) is 0 Å². The Hall–Kier alpha value is -0.980. The number of rotatable bonds is 6. The summed E-state index contributed by atoms with van der Waals surface area (Å²) in [5.74, 6) is 0.00188. The lowest BCUT2D eigenvalue weighted by atomic mass is 9.99. The molecule has 2 rings (SSSR count). The second kappa shape index (κ2) is 7.71. The van der Waals surface area contributed by atoms with Crippen LogP contribution in [0.5, 0.6) is 0 Å². The summed E-state index contributed by atoms with van der Waals surface area (Å²) >= 11 is 1.55. The summed E-state index contributed by atoms with van der Waals surface area (Å²) in [6.07, 6.45) is 4.84. The zero-order valence-electron chi connectivity index (χ0n) is 12.0. The number of likely N-dealkylation sites (N-methyl/N-ethyl adjacent to an activating group) is 1. The second-order valence-corrected chi connectivity index (χ2v) is 6.16. The standard InChI is InChI=1S/C14H23N3O2S/c1-15-13(19)8-14-16-11(10-20-14)9-17-6-3-2-4-12(17)5-7-18/h10,12,18H,2-9H2,1H3,(H,15,19). The minimum Gasteiger partial charge on any atom is -0.396 e. The highest BCUT2D eigenvalue weighted by Gasteiger charge is 2.22. The molecule has 20 heavy (non-hydrogen) atoms. The van der Waals surface area contributed by atoms with E-state index in [1.54, 1.807) is 18.4 Å². The number of amides is 1. The molecule has 1 aromatic rings. The van der Waals surface area contributed by atoms with Crippen molar-refractivity contribution in [3.8, 4) is 0 Å². The third-order valence-corrected chi connectivity index (χ3v) is 4.66. The van der Waals surface area contributed by atoms with Crippen LogP contribution in [0.3, 0.4) is 0 Å².